The van der Waals surface area contributed by atoms with Gasteiger partial charge >= 0.3 is 5.97 Å². The molecule has 1 unspecified atom stereocenters. The van der Waals surface area contributed by atoms with E-state index < -0.39 is 5.97 Å². The van der Waals surface area contributed by atoms with E-state index in [1.165, 1.54) is 5.56 Å². The number of carbonyl (C=O) groups is 2. The molecule has 8 heteroatoms. The summed E-state index contributed by atoms with van der Waals surface area (Å²) in [6.07, 6.45) is 1.27. The summed E-state index contributed by atoms with van der Waals surface area (Å²) in [6.45, 7) is 9.28. The first kappa shape index (κ1) is 33.8. The van der Waals surface area contributed by atoms with Crippen molar-refractivity contribution in [3.63, 3.8) is 0 Å². The van der Waals surface area contributed by atoms with Gasteiger partial charge in [-0.2, -0.15) is 0 Å². The Kier molecular flexibility index (Phi) is 10.6. The van der Waals surface area contributed by atoms with Gasteiger partial charge in [-0.1, -0.05) is 60.2 Å². The van der Waals surface area contributed by atoms with E-state index in [0.717, 1.165) is 78.5 Å². The van der Waals surface area contributed by atoms with Crippen LogP contribution in [-0.2, 0) is 11.3 Å². The molecule has 4 aromatic carbocycles. The second kappa shape index (κ2) is 15.4. The van der Waals surface area contributed by atoms with Crippen molar-refractivity contribution in [3.8, 4) is 11.5 Å². The molecule has 8 nitrogen and oxygen atoms in total. The third-order valence-corrected chi connectivity index (χ3v) is 9.58. The Morgan fingerprint density at radius 2 is 1.51 bits per heavy atom. The Bertz CT molecular complexity index is 1890. The molecular weight excluding hydrogens is 614 g/mol. The standard InChI is InChI=1S/C41H45N3O5/c1-29-14-16-31(17-15-29)37(22-24-42-25-27-43(28-26-42)36-11-6-7-12-38(36)48-3)49-33-20-18-32(19-21-33)41(47)40-30(2)44(23-8-13-39(45)46)35-10-5-4-9-34(35)40/h4-7,9-12,14-21,37H,8,13,22-28H2,1-3H3,(H,45,46). The number of rotatable bonds is 14. The van der Waals surface area contributed by atoms with Gasteiger partial charge in [0, 0.05) is 74.3 Å². The maximum absolute atomic E-state index is 13.9. The molecular formula is C41H45N3O5. The molecule has 1 aliphatic rings. The molecule has 1 atom stereocenters. The van der Waals surface area contributed by atoms with E-state index in [-0.39, 0.29) is 18.3 Å². The third kappa shape index (κ3) is 7.81. The van der Waals surface area contributed by atoms with E-state index in [4.69, 9.17) is 14.6 Å². The van der Waals surface area contributed by atoms with Gasteiger partial charge in [-0.05, 0) is 68.3 Å². The topological polar surface area (TPSA) is 84.2 Å². The van der Waals surface area contributed by atoms with Crippen molar-refractivity contribution in [2.75, 3.05) is 44.7 Å². The third-order valence-electron chi connectivity index (χ3n) is 9.58. The largest absolute Gasteiger partial charge is 0.495 e. The fourth-order valence-electron chi connectivity index (χ4n) is 6.87. The number of carboxylic acid groups (broad SMARTS) is 1. The zero-order valence-electron chi connectivity index (χ0n) is 28.6. The van der Waals surface area contributed by atoms with Crippen LogP contribution in [0.2, 0.25) is 0 Å². The molecule has 0 radical (unpaired) electrons. The molecule has 1 aliphatic heterocycles. The molecule has 1 fully saturated rings. The molecule has 2 heterocycles. The van der Waals surface area contributed by atoms with Crippen molar-refractivity contribution < 1.29 is 24.2 Å². The van der Waals surface area contributed by atoms with Crippen LogP contribution in [0, 0.1) is 13.8 Å². The number of carboxylic acids is 1. The number of aryl methyl sites for hydroxylation is 2. The summed E-state index contributed by atoms with van der Waals surface area (Å²) in [5, 5.41) is 10.0. The lowest BCUT2D eigenvalue weighted by Gasteiger charge is -2.37. The number of ketones is 1. The zero-order chi connectivity index (χ0) is 34.3. The number of piperazine rings is 1. The first-order valence-electron chi connectivity index (χ1n) is 17.1. The van der Waals surface area contributed by atoms with Gasteiger partial charge in [0.05, 0.1) is 18.4 Å². The van der Waals surface area contributed by atoms with Crippen LogP contribution in [0.4, 0.5) is 5.69 Å². The molecule has 0 saturated carbocycles. The lowest BCUT2D eigenvalue weighted by molar-refractivity contribution is -0.137. The Morgan fingerprint density at radius 1 is 0.816 bits per heavy atom. The molecule has 49 heavy (non-hydrogen) atoms. The van der Waals surface area contributed by atoms with E-state index in [1.54, 1.807) is 7.11 Å². The fraction of sp³-hybridized carbons (Fsp3) is 0.317. The van der Waals surface area contributed by atoms with Crippen molar-refractivity contribution in [3.05, 3.63) is 125 Å². The number of aromatic nitrogens is 1. The molecule has 6 rings (SSSR count). The molecule has 1 saturated heterocycles. The number of carbonyl (C=O) groups excluding carboxylic acids is 1. The minimum Gasteiger partial charge on any atom is -0.495 e. The number of hydrogen-bond acceptors (Lipinski definition) is 6. The predicted octanol–water partition coefficient (Wildman–Crippen LogP) is 7.69. The molecule has 0 bridgehead atoms. The normalized spacial score (nSPS) is 14.1. The second-order valence-electron chi connectivity index (χ2n) is 12.8. The monoisotopic (exact) mass is 659 g/mol. The van der Waals surface area contributed by atoms with Crippen LogP contribution in [0.3, 0.4) is 0 Å². The van der Waals surface area contributed by atoms with Crippen LogP contribution in [0.15, 0.2) is 97.1 Å². The van der Waals surface area contributed by atoms with E-state index in [1.807, 2.05) is 67.6 Å². The van der Waals surface area contributed by atoms with Gasteiger partial charge in [0.25, 0.3) is 0 Å². The SMILES string of the molecule is COc1ccccc1N1CCN(CCC(Oc2ccc(C(=O)c3c(C)n(CCCC(=O)O)c4ccccc34)cc2)c2ccc(C)cc2)CC1. The molecule has 1 aromatic heterocycles. The number of para-hydroxylation sites is 3. The van der Waals surface area contributed by atoms with Crippen LogP contribution >= 0.6 is 0 Å². The number of methoxy groups -OCH3 is 1. The van der Waals surface area contributed by atoms with Crippen LogP contribution in [-0.4, -0.2) is 66.2 Å². The van der Waals surface area contributed by atoms with Gasteiger partial charge in [-0.3, -0.25) is 14.5 Å². The molecule has 0 aliphatic carbocycles. The Morgan fingerprint density at radius 3 is 2.22 bits per heavy atom. The highest BCUT2D eigenvalue weighted by molar-refractivity contribution is 6.17. The highest BCUT2D eigenvalue weighted by atomic mass is 16.5. The van der Waals surface area contributed by atoms with Gasteiger partial charge in [-0.15, -0.1) is 0 Å². The van der Waals surface area contributed by atoms with Crippen molar-refractivity contribution in [2.45, 2.75) is 45.8 Å². The molecule has 1 N–H and O–H groups in total. The predicted molar refractivity (Wildman–Crippen MR) is 194 cm³/mol. The van der Waals surface area contributed by atoms with Crippen LogP contribution in [0.5, 0.6) is 11.5 Å². The van der Waals surface area contributed by atoms with E-state index in [9.17, 15) is 9.59 Å². The Balaban J connectivity index is 1.14. The summed E-state index contributed by atoms with van der Waals surface area (Å²) in [5.74, 6) is 0.752. The summed E-state index contributed by atoms with van der Waals surface area (Å²) in [7, 11) is 1.72. The Labute approximate surface area is 288 Å². The molecule has 0 amide bonds. The lowest BCUT2D eigenvalue weighted by atomic mass is 10.0. The van der Waals surface area contributed by atoms with Crippen molar-refractivity contribution in [2.24, 2.45) is 0 Å². The number of aliphatic carboxylic acids is 1. The van der Waals surface area contributed by atoms with Gasteiger partial charge in [0.1, 0.15) is 17.6 Å². The van der Waals surface area contributed by atoms with Gasteiger partial charge < -0.3 is 24.0 Å². The first-order chi connectivity index (χ1) is 23.8. The Hall–Kier alpha value is -5.08. The van der Waals surface area contributed by atoms with Gasteiger partial charge in [0.15, 0.2) is 5.78 Å². The van der Waals surface area contributed by atoms with E-state index in [2.05, 4.69) is 57.7 Å². The minimum absolute atomic E-state index is 0.0559. The van der Waals surface area contributed by atoms with Gasteiger partial charge in [-0.25, -0.2) is 0 Å². The number of anilines is 1. The number of benzene rings is 4. The molecule has 0 spiro atoms. The number of ether oxygens (including phenoxy) is 2. The van der Waals surface area contributed by atoms with E-state index in [0.29, 0.717) is 24.1 Å². The molecule has 254 valence electrons. The molecule has 5 aromatic rings. The fourth-order valence-corrected chi connectivity index (χ4v) is 6.87. The minimum atomic E-state index is -0.819. The number of hydrogen-bond donors (Lipinski definition) is 1. The second-order valence-corrected chi connectivity index (χ2v) is 12.8. The van der Waals surface area contributed by atoms with Crippen molar-refractivity contribution in [1.29, 1.82) is 0 Å². The van der Waals surface area contributed by atoms with Crippen LogP contribution < -0.4 is 14.4 Å². The highest BCUT2D eigenvalue weighted by Gasteiger charge is 2.23. The van der Waals surface area contributed by atoms with Crippen LogP contribution in [0.25, 0.3) is 10.9 Å². The summed E-state index contributed by atoms with van der Waals surface area (Å²) in [4.78, 5) is 29.9. The summed E-state index contributed by atoms with van der Waals surface area (Å²) in [6, 6.07) is 32.0. The highest BCUT2D eigenvalue weighted by Crippen LogP contribution is 2.32. The van der Waals surface area contributed by atoms with Gasteiger partial charge in [0.2, 0.25) is 0 Å². The summed E-state index contributed by atoms with van der Waals surface area (Å²) >= 11 is 0. The maximum Gasteiger partial charge on any atom is 0.303 e. The average molecular weight is 660 g/mol. The summed E-state index contributed by atoms with van der Waals surface area (Å²) < 4.78 is 14.3. The summed E-state index contributed by atoms with van der Waals surface area (Å²) in [5.41, 5.74) is 6.51. The first-order valence-corrected chi connectivity index (χ1v) is 17.1. The smallest absolute Gasteiger partial charge is 0.303 e. The zero-order valence-corrected chi connectivity index (χ0v) is 28.6. The number of fused-ring (bicyclic) bond motifs is 1. The lowest BCUT2D eigenvalue weighted by Crippen LogP contribution is -2.47. The van der Waals surface area contributed by atoms with Crippen LogP contribution in [0.1, 0.15) is 58.1 Å². The van der Waals surface area contributed by atoms with E-state index >= 15 is 0 Å². The van der Waals surface area contributed by atoms with Crippen molar-refractivity contribution in [1.82, 2.24) is 9.47 Å². The van der Waals surface area contributed by atoms with Crippen molar-refractivity contribution >= 4 is 28.3 Å². The maximum atomic E-state index is 13.9. The number of nitrogens with zero attached hydrogens (tertiary/aromatic N) is 3. The quantitative estimate of drug-likeness (QED) is 0.122. The average Bonchev–Trinajstić information content (AvgIpc) is 3.41.